The minimum Gasteiger partial charge on any atom is -0.491 e. The number of amides is 1. The highest BCUT2D eigenvalue weighted by molar-refractivity contribution is 5.72. The van der Waals surface area contributed by atoms with E-state index in [4.69, 9.17) is 4.74 Å². The number of hydrogen-bond acceptors (Lipinski definition) is 5. The molecule has 1 aliphatic rings. The number of carbonyl (C=O) groups excluding carboxylic acids is 1. The molecule has 0 unspecified atom stereocenters. The molecule has 0 radical (unpaired) electrons. The van der Waals surface area contributed by atoms with Gasteiger partial charge in [0.1, 0.15) is 12.4 Å². The third kappa shape index (κ3) is 3.50. The average molecular weight is 342 g/mol. The summed E-state index contributed by atoms with van der Waals surface area (Å²) in [7, 11) is 1.76. The summed E-state index contributed by atoms with van der Waals surface area (Å²) in [5.41, 5.74) is 3.62. The summed E-state index contributed by atoms with van der Waals surface area (Å²) >= 11 is 0. The van der Waals surface area contributed by atoms with Gasteiger partial charge in [0.25, 0.3) is 5.56 Å². The molecule has 1 N–H and O–H groups in total. The minimum absolute atomic E-state index is 0.0188. The Hall–Kier alpha value is -2.83. The molecule has 1 amide bonds. The third-order valence-corrected chi connectivity index (χ3v) is 4.58. The summed E-state index contributed by atoms with van der Waals surface area (Å²) in [4.78, 5) is 26.8. The van der Waals surface area contributed by atoms with Crippen LogP contribution in [-0.2, 0) is 17.9 Å². The number of carbonyl (C=O) groups is 1. The van der Waals surface area contributed by atoms with Crippen molar-refractivity contribution in [2.24, 2.45) is 0 Å². The quantitative estimate of drug-likeness (QED) is 0.890. The molecule has 0 bridgehead atoms. The smallest absolute Gasteiger partial charge is 0.269 e. The van der Waals surface area contributed by atoms with E-state index in [1.165, 1.54) is 12.5 Å². The fourth-order valence-electron chi connectivity index (χ4n) is 2.91. The summed E-state index contributed by atoms with van der Waals surface area (Å²) in [5.74, 6) is 0.845. The Bertz CT molecular complexity index is 846. The van der Waals surface area contributed by atoms with Crippen molar-refractivity contribution in [1.29, 1.82) is 0 Å². The van der Waals surface area contributed by atoms with Crippen molar-refractivity contribution < 1.29 is 9.53 Å². The summed E-state index contributed by atoms with van der Waals surface area (Å²) in [6, 6.07) is 5.98. The Balaban J connectivity index is 1.74. The van der Waals surface area contributed by atoms with E-state index in [2.05, 4.69) is 21.2 Å². The molecule has 1 aliphatic heterocycles. The first-order valence-electron chi connectivity index (χ1n) is 8.22. The van der Waals surface area contributed by atoms with E-state index in [0.29, 0.717) is 31.8 Å². The maximum atomic E-state index is 11.8. The number of ether oxygens (including phenoxy) is 1. The number of aromatic amines is 1. The largest absolute Gasteiger partial charge is 0.491 e. The second kappa shape index (κ2) is 6.96. The Kier molecular flexibility index (Phi) is 4.74. The molecule has 1 aromatic heterocycles. The normalized spacial score (nSPS) is 12.8. The predicted octanol–water partition coefficient (Wildman–Crippen LogP) is 1.46. The lowest BCUT2D eigenvalue weighted by molar-refractivity contribution is -0.127. The van der Waals surface area contributed by atoms with Crippen LogP contribution in [0.4, 0.5) is 5.69 Å². The Labute approximate surface area is 146 Å². The van der Waals surface area contributed by atoms with Crippen LogP contribution in [0, 0.1) is 6.92 Å². The van der Waals surface area contributed by atoms with Gasteiger partial charge in [0, 0.05) is 38.2 Å². The van der Waals surface area contributed by atoms with Gasteiger partial charge in [-0.2, -0.15) is 5.10 Å². The van der Waals surface area contributed by atoms with Crippen molar-refractivity contribution >= 4 is 11.6 Å². The van der Waals surface area contributed by atoms with Crippen LogP contribution in [0.1, 0.15) is 23.6 Å². The molecule has 132 valence electrons. The summed E-state index contributed by atoms with van der Waals surface area (Å²) < 4.78 is 5.90. The van der Waals surface area contributed by atoms with Crippen LogP contribution in [-0.4, -0.2) is 41.2 Å². The second-order valence-corrected chi connectivity index (χ2v) is 6.25. The van der Waals surface area contributed by atoms with E-state index in [1.54, 1.807) is 25.1 Å². The van der Waals surface area contributed by atoms with Gasteiger partial charge < -0.3 is 14.5 Å². The van der Waals surface area contributed by atoms with Crippen LogP contribution in [0.2, 0.25) is 0 Å². The number of likely N-dealkylation sites (N-methyl/N-ethyl adjacent to an activating group) is 1. The van der Waals surface area contributed by atoms with Gasteiger partial charge in [0.05, 0.1) is 18.4 Å². The summed E-state index contributed by atoms with van der Waals surface area (Å²) in [6.45, 7) is 5.70. The number of H-pyrrole nitrogens is 1. The topological polar surface area (TPSA) is 78.5 Å². The molecule has 0 saturated carbocycles. The molecule has 25 heavy (non-hydrogen) atoms. The highest BCUT2D eigenvalue weighted by Gasteiger charge is 2.24. The second-order valence-electron chi connectivity index (χ2n) is 6.25. The number of nitrogens with one attached hydrogen (secondary N) is 1. The number of benzene rings is 1. The summed E-state index contributed by atoms with van der Waals surface area (Å²) in [5, 5.41) is 6.37. The first-order valence-corrected chi connectivity index (χ1v) is 8.22. The molecule has 0 fully saturated rings. The monoisotopic (exact) mass is 342 g/mol. The average Bonchev–Trinajstić information content (AvgIpc) is 3.02. The van der Waals surface area contributed by atoms with Crippen molar-refractivity contribution in [3.63, 3.8) is 0 Å². The Morgan fingerprint density at radius 3 is 2.96 bits per heavy atom. The molecule has 1 aromatic carbocycles. The van der Waals surface area contributed by atoms with E-state index in [0.717, 1.165) is 17.0 Å². The lowest BCUT2D eigenvalue weighted by Gasteiger charge is -2.19. The van der Waals surface area contributed by atoms with Crippen LogP contribution in [0.15, 0.2) is 29.2 Å². The number of nitrogens with zero attached hydrogens (tertiary/aromatic N) is 3. The zero-order valence-corrected chi connectivity index (χ0v) is 14.7. The van der Waals surface area contributed by atoms with E-state index in [9.17, 15) is 9.59 Å². The van der Waals surface area contributed by atoms with Gasteiger partial charge in [-0.05, 0) is 18.6 Å². The SMILES string of the molecule is CC(=O)N(C)CCOc1cccc2c1CN(c1cn[nH]c(=O)c1C)C2. The number of aromatic nitrogens is 2. The van der Waals surface area contributed by atoms with Gasteiger partial charge >= 0.3 is 0 Å². The summed E-state index contributed by atoms with van der Waals surface area (Å²) in [6.07, 6.45) is 1.69. The maximum absolute atomic E-state index is 11.8. The first-order chi connectivity index (χ1) is 12.0. The van der Waals surface area contributed by atoms with Gasteiger partial charge in [0.15, 0.2) is 0 Å². The Morgan fingerprint density at radius 1 is 1.40 bits per heavy atom. The molecule has 7 nitrogen and oxygen atoms in total. The van der Waals surface area contributed by atoms with Crippen LogP contribution in [0.5, 0.6) is 5.75 Å². The van der Waals surface area contributed by atoms with Crippen molar-refractivity contribution in [3.05, 3.63) is 51.4 Å². The van der Waals surface area contributed by atoms with Gasteiger partial charge in [-0.3, -0.25) is 9.59 Å². The standard InChI is InChI=1S/C18H22N4O3/c1-12-16(9-19-20-18(12)24)22-10-14-5-4-6-17(15(14)11-22)25-8-7-21(3)13(2)23/h4-6,9H,7-8,10-11H2,1-3H3,(H,20,24). The lowest BCUT2D eigenvalue weighted by Crippen LogP contribution is -2.28. The molecule has 2 heterocycles. The molecule has 3 rings (SSSR count). The van der Waals surface area contributed by atoms with Crippen molar-refractivity contribution in [1.82, 2.24) is 15.1 Å². The van der Waals surface area contributed by atoms with Gasteiger partial charge in [0.2, 0.25) is 5.91 Å². The Morgan fingerprint density at radius 2 is 2.20 bits per heavy atom. The van der Waals surface area contributed by atoms with E-state index >= 15 is 0 Å². The van der Waals surface area contributed by atoms with Crippen LogP contribution >= 0.6 is 0 Å². The van der Waals surface area contributed by atoms with Crippen molar-refractivity contribution in [2.45, 2.75) is 26.9 Å². The highest BCUT2D eigenvalue weighted by Crippen LogP contribution is 2.34. The van der Waals surface area contributed by atoms with E-state index in [1.807, 2.05) is 12.1 Å². The highest BCUT2D eigenvalue weighted by atomic mass is 16.5. The fourth-order valence-corrected chi connectivity index (χ4v) is 2.91. The number of rotatable bonds is 5. The molecule has 0 saturated heterocycles. The molecular formula is C18H22N4O3. The fraction of sp³-hybridized carbons (Fsp3) is 0.389. The molecule has 2 aromatic rings. The number of anilines is 1. The van der Waals surface area contributed by atoms with Crippen LogP contribution in [0.25, 0.3) is 0 Å². The molecular weight excluding hydrogens is 320 g/mol. The minimum atomic E-state index is -0.169. The van der Waals surface area contributed by atoms with Crippen LogP contribution < -0.4 is 15.2 Å². The maximum Gasteiger partial charge on any atom is 0.269 e. The first kappa shape index (κ1) is 17.0. The molecule has 7 heteroatoms. The predicted molar refractivity (Wildman–Crippen MR) is 94.7 cm³/mol. The lowest BCUT2D eigenvalue weighted by atomic mass is 10.1. The van der Waals surface area contributed by atoms with Crippen LogP contribution in [0.3, 0.4) is 0 Å². The van der Waals surface area contributed by atoms with E-state index < -0.39 is 0 Å². The zero-order chi connectivity index (χ0) is 18.0. The van der Waals surface area contributed by atoms with E-state index in [-0.39, 0.29) is 11.5 Å². The van der Waals surface area contributed by atoms with Gasteiger partial charge in [-0.25, -0.2) is 5.10 Å². The van der Waals surface area contributed by atoms with Gasteiger partial charge in [-0.15, -0.1) is 0 Å². The molecule has 0 aliphatic carbocycles. The molecule has 0 atom stereocenters. The number of hydrogen-bond donors (Lipinski definition) is 1. The zero-order valence-electron chi connectivity index (χ0n) is 14.7. The third-order valence-electron chi connectivity index (χ3n) is 4.58. The van der Waals surface area contributed by atoms with Gasteiger partial charge in [-0.1, -0.05) is 12.1 Å². The number of fused-ring (bicyclic) bond motifs is 1. The van der Waals surface area contributed by atoms with Crippen molar-refractivity contribution in [3.8, 4) is 5.75 Å². The van der Waals surface area contributed by atoms with Crippen molar-refractivity contribution in [2.75, 3.05) is 25.1 Å². The molecule has 0 spiro atoms.